The van der Waals surface area contributed by atoms with E-state index in [0.29, 0.717) is 0 Å². The van der Waals surface area contributed by atoms with Crippen LogP contribution >= 0.6 is 0 Å². The van der Waals surface area contributed by atoms with Crippen molar-refractivity contribution in [1.29, 1.82) is 0 Å². The van der Waals surface area contributed by atoms with Gasteiger partial charge in [0.05, 0.1) is 11.1 Å². The molecular formula is C55H37N. The van der Waals surface area contributed by atoms with E-state index < -0.39 is 5.41 Å². The Hall–Kier alpha value is -7.22. The summed E-state index contributed by atoms with van der Waals surface area (Å²) in [6.07, 6.45) is 0. The lowest BCUT2D eigenvalue weighted by Crippen LogP contribution is -2.26. The molecule has 0 fully saturated rings. The van der Waals surface area contributed by atoms with Crippen molar-refractivity contribution >= 4 is 17.1 Å². The number of fused-ring (bicyclic) bond motifs is 10. The van der Waals surface area contributed by atoms with Gasteiger partial charge in [0.15, 0.2) is 0 Å². The highest BCUT2D eigenvalue weighted by Crippen LogP contribution is 2.63. The van der Waals surface area contributed by atoms with Crippen LogP contribution in [0.25, 0.3) is 55.6 Å². The summed E-state index contributed by atoms with van der Waals surface area (Å²) in [6, 6.07) is 82.4. The second kappa shape index (κ2) is 13.0. The molecule has 0 atom stereocenters. The number of benzene rings is 9. The van der Waals surface area contributed by atoms with Crippen molar-refractivity contribution in [2.45, 2.75) is 5.41 Å². The predicted molar refractivity (Wildman–Crippen MR) is 234 cm³/mol. The highest BCUT2D eigenvalue weighted by atomic mass is 15.1. The van der Waals surface area contributed by atoms with Crippen molar-refractivity contribution in [2.24, 2.45) is 0 Å². The van der Waals surface area contributed by atoms with Crippen LogP contribution in [0.4, 0.5) is 17.1 Å². The van der Waals surface area contributed by atoms with Crippen molar-refractivity contribution in [3.63, 3.8) is 0 Å². The topological polar surface area (TPSA) is 3.24 Å². The first-order valence-electron chi connectivity index (χ1n) is 19.4. The van der Waals surface area contributed by atoms with Crippen LogP contribution in [0.2, 0.25) is 0 Å². The van der Waals surface area contributed by atoms with Crippen LogP contribution in [-0.4, -0.2) is 0 Å². The SMILES string of the molecule is c1ccc(-c2ccc(-c3ccccc3N(c3ccc(-c4ccccc4)cc3)c3ccc4c(c3)C3(c5ccccc5-c5ccccc53)c3ccccc3-4)cc2)cc1. The van der Waals surface area contributed by atoms with Gasteiger partial charge >= 0.3 is 0 Å². The molecule has 0 N–H and O–H groups in total. The molecule has 2 aliphatic rings. The van der Waals surface area contributed by atoms with Gasteiger partial charge in [-0.25, -0.2) is 0 Å². The standard InChI is InChI=1S/C55H37N/c1-3-15-38(16-4-1)40-27-29-42(30-28-40)45-19-10-14-26-54(45)56(43-33-31-41(32-34-43)39-17-5-2-6-18-39)44-35-36-49-48-22-9-13-25-52(48)55(53(49)37-44)50-23-11-7-20-46(50)47-21-8-12-24-51(47)55/h1-37H. The van der Waals surface area contributed by atoms with Crippen molar-refractivity contribution in [2.75, 3.05) is 4.90 Å². The van der Waals surface area contributed by atoms with E-state index in [1.165, 1.54) is 77.9 Å². The van der Waals surface area contributed by atoms with Crippen LogP contribution in [-0.2, 0) is 5.41 Å². The highest BCUT2D eigenvalue weighted by Gasteiger charge is 2.51. The Morgan fingerprint density at radius 2 is 0.625 bits per heavy atom. The molecule has 0 bridgehead atoms. The molecule has 11 rings (SSSR count). The monoisotopic (exact) mass is 711 g/mol. The Kier molecular flexibility index (Phi) is 7.47. The van der Waals surface area contributed by atoms with Crippen LogP contribution < -0.4 is 4.90 Å². The molecule has 0 saturated carbocycles. The second-order valence-electron chi connectivity index (χ2n) is 14.8. The smallest absolute Gasteiger partial charge is 0.0726 e. The zero-order valence-electron chi connectivity index (χ0n) is 30.8. The van der Waals surface area contributed by atoms with E-state index in [1.807, 2.05) is 0 Å². The Morgan fingerprint density at radius 3 is 1.16 bits per heavy atom. The third kappa shape index (κ3) is 4.88. The minimum Gasteiger partial charge on any atom is -0.310 e. The van der Waals surface area contributed by atoms with Gasteiger partial charge in [-0.1, -0.05) is 194 Å². The number of rotatable bonds is 6. The first-order valence-corrected chi connectivity index (χ1v) is 19.4. The van der Waals surface area contributed by atoms with Crippen molar-refractivity contribution < 1.29 is 0 Å². The van der Waals surface area contributed by atoms with Gasteiger partial charge in [-0.3, -0.25) is 0 Å². The molecule has 0 unspecified atom stereocenters. The summed E-state index contributed by atoms with van der Waals surface area (Å²) in [5.74, 6) is 0. The van der Waals surface area contributed by atoms with Gasteiger partial charge in [-0.05, 0) is 103 Å². The van der Waals surface area contributed by atoms with Gasteiger partial charge in [0.25, 0.3) is 0 Å². The summed E-state index contributed by atoms with van der Waals surface area (Å²) in [4.78, 5) is 2.46. The minimum absolute atomic E-state index is 0.426. The molecule has 9 aromatic rings. The molecule has 262 valence electrons. The summed E-state index contributed by atoms with van der Waals surface area (Å²) in [5.41, 5.74) is 20.7. The maximum atomic E-state index is 2.48. The molecule has 0 radical (unpaired) electrons. The van der Waals surface area contributed by atoms with Crippen molar-refractivity contribution in [3.8, 4) is 55.6 Å². The molecule has 1 heteroatoms. The van der Waals surface area contributed by atoms with Crippen LogP contribution in [0.5, 0.6) is 0 Å². The van der Waals surface area contributed by atoms with E-state index in [0.717, 1.165) is 17.1 Å². The van der Waals surface area contributed by atoms with Crippen molar-refractivity contribution in [3.05, 3.63) is 247 Å². The second-order valence-corrected chi connectivity index (χ2v) is 14.8. The molecule has 0 aliphatic heterocycles. The van der Waals surface area contributed by atoms with E-state index in [9.17, 15) is 0 Å². The van der Waals surface area contributed by atoms with Crippen molar-refractivity contribution in [1.82, 2.24) is 0 Å². The molecule has 9 aromatic carbocycles. The van der Waals surface area contributed by atoms with Crippen LogP contribution in [0.1, 0.15) is 22.3 Å². The average Bonchev–Trinajstić information content (AvgIpc) is 3.75. The fourth-order valence-corrected chi connectivity index (χ4v) is 9.47. The van der Waals surface area contributed by atoms with E-state index in [-0.39, 0.29) is 0 Å². The van der Waals surface area contributed by atoms with Crippen LogP contribution in [0, 0.1) is 0 Å². The van der Waals surface area contributed by atoms with Crippen LogP contribution in [0.3, 0.4) is 0 Å². The number of nitrogens with zero attached hydrogens (tertiary/aromatic N) is 1. The van der Waals surface area contributed by atoms with E-state index in [4.69, 9.17) is 0 Å². The molecule has 1 nitrogen and oxygen atoms in total. The Balaban J connectivity index is 1.13. The van der Waals surface area contributed by atoms with Gasteiger partial charge in [-0.2, -0.15) is 0 Å². The fourth-order valence-electron chi connectivity index (χ4n) is 9.47. The Labute approximate surface area is 328 Å². The first-order chi connectivity index (χ1) is 27.8. The zero-order chi connectivity index (χ0) is 37.1. The number of hydrogen-bond acceptors (Lipinski definition) is 1. The molecule has 56 heavy (non-hydrogen) atoms. The quantitative estimate of drug-likeness (QED) is 0.166. The summed E-state index contributed by atoms with van der Waals surface area (Å²) in [7, 11) is 0. The zero-order valence-corrected chi connectivity index (χ0v) is 30.8. The molecule has 0 saturated heterocycles. The van der Waals surface area contributed by atoms with E-state index in [2.05, 4.69) is 229 Å². The first kappa shape index (κ1) is 32.2. The maximum absolute atomic E-state index is 2.48. The lowest BCUT2D eigenvalue weighted by atomic mass is 9.70. The van der Waals surface area contributed by atoms with E-state index in [1.54, 1.807) is 0 Å². The van der Waals surface area contributed by atoms with Gasteiger partial charge in [0.2, 0.25) is 0 Å². The third-order valence-corrected chi connectivity index (χ3v) is 11.9. The summed E-state index contributed by atoms with van der Waals surface area (Å²) >= 11 is 0. The number of hydrogen-bond donors (Lipinski definition) is 0. The Morgan fingerprint density at radius 1 is 0.250 bits per heavy atom. The van der Waals surface area contributed by atoms with Gasteiger partial charge in [0.1, 0.15) is 0 Å². The molecule has 1 spiro atoms. The van der Waals surface area contributed by atoms with Crippen LogP contribution in [0.15, 0.2) is 224 Å². The van der Waals surface area contributed by atoms with Gasteiger partial charge < -0.3 is 4.90 Å². The summed E-state index contributed by atoms with van der Waals surface area (Å²) < 4.78 is 0. The summed E-state index contributed by atoms with van der Waals surface area (Å²) in [5, 5.41) is 0. The average molecular weight is 712 g/mol. The molecule has 0 aromatic heterocycles. The maximum Gasteiger partial charge on any atom is 0.0726 e. The molecule has 0 amide bonds. The predicted octanol–water partition coefficient (Wildman–Crippen LogP) is 14.5. The molecule has 2 aliphatic carbocycles. The lowest BCUT2D eigenvalue weighted by molar-refractivity contribution is 0.793. The lowest BCUT2D eigenvalue weighted by Gasteiger charge is -2.32. The largest absolute Gasteiger partial charge is 0.310 e. The minimum atomic E-state index is -0.426. The molecular weight excluding hydrogens is 675 g/mol. The number of para-hydroxylation sites is 1. The Bertz CT molecular complexity index is 2820. The number of anilines is 3. The highest BCUT2D eigenvalue weighted by molar-refractivity contribution is 5.97. The van der Waals surface area contributed by atoms with Gasteiger partial charge in [0, 0.05) is 16.9 Å². The molecule has 0 heterocycles. The normalized spacial score (nSPS) is 12.8. The van der Waals surface area contributed by atoms with E-state index >= 15 is 0 Å². The van der Waals surface area contributed by atoms with Gasteiger partial charge in [-0.15, -0.1) is 0 Å². The third-order valence-electron chi connectivity index (χ3n) is 11.9. The summed E-state index contributed by atoms with van der Waals surface area (Å²) in [6.45, 7) is 0. The fraction of sp³-hybridized carbons (Fsp3) is 0.0182.